The van der Waals surface area contributed by atoms with E-state index in [1.54, 1.807) is 0 Å². The van der Waals surface area contributed by atoms with E-state index in [2.05, 4.69) is 0 Å². The minimum atomic E-state index is -2.80. The van der Waals surface area contributed by atoms with Gasteiger partial charge in [-0.15, -0.1) is 0 Å². The van der Waals surface area contributed by atoms with Crippen LogP contribution in [0.3, 0.4) is 0 Å². The van der Waals surface area contributed by atoms with Crippen LogP contribution in [0, 0.1) is 5.89 Å². The summed E-state index contributed by atoms with van der Waals surface area (Å²) in [5.74, 6) is -2.38. The number of hydrogen-bond donors (Lipinski definition) is 1. The fourth-order valence-corrected chi connectivity index (χ4v) is 0.944. The molecule has 68 valence electrons. The predicted octanol–water partition coefficient (Wildman–Crippen LogP) is 2.98. The zero-order valence-electron chi connectivity index (χ0n) is 13.9. The van der Waals surface area contributed by atoms with Gasteiger partial charge in [-0.2, -0.15) is 0 Å². The molecule has 0 aliphatic rings. The van der Waals surface area contributed by atoms with Crippen LogP contribution < -0.4 is 0 Å². The molecule has 0 aliphatic heterocycles. The molecule has 0 amide bonds. The Hall–Kier alpha value is -0.0400. The molecule has 1 N–H and O–H groups in total. The molecule has 0 aromatic carbocycles. The summed E-state index contributed by atoms with van der Waals surface area (Å²) in [6, 6.07) is 0. The highest BCUT2D eigenvalue weighted by atomic mass is 16.2. The van der Waals surface area contributed by atoms with Gasteiger partial charge in [-0.3, -0.25) is 0 Å². The molecule has 11 heavy (non-hydrogen) atoms. The molecule has 0 spiro atoms. The van der Waals surface area contributed by atoms with E-state index in [1.807, 2.05) is 0 Å². The van der Waals surface area contributed by atoms with Crippen LogP contribution in [-0.4, -0.2) is 11.7 Å². The van der Waals surface area contributed by atoms with E-state index in [9.17, 15) is 0 Å². The van der Waals surface area contributed by atoms with Crippen molar-refractivity contribution in [3.05, 3.63) is 0 Å². The average Bonchev–Trinajstić information content (AvgIpc) is 2.19. The summed E-state index contributed by atoms with van der Waals surface area (Å²) >= 11 is 0. The first-order valence-corrected chi connectivity index (χ1v) is 4.17. The molecule has 0 radical (unpaired) electrons. The summed E-state index contributed by atoms with van der Waals surface area (Å²) in [6.45, 7) is -5.47. The highest BCUT2D eigenvalue weighted by Gasteiger charge is 1.93. The number of rotatable bonds is 7. The van der Waals surface area contributed by atoms with Crippen LogP contribution in [0.1, 0.15) is 61.8 Å². The quantitative estimate of drug-likeness (QED) is 0.575. The molecule has 0 saturated heterocycles. The third-order valence-corrected chi connectivity index (χ3v) is 1.58. The van der Waals surface area contributed by atoms with E-state index in [1.165, 1.54) is 0 Å². The standard InChI is InChI=1S/C10H22O/c1-10(2)8-6-4-3-5-7-9-11/h10-11H,3-9H2,1-2H3/i1D3,2D3,10D. The minimum Gasteiger partial charge on any atom is -0.396 e. The SMILES string of the molecule is [2H]C([2H])([2H])C([2H])(CCCCCCCO)C([2H])([2H])[2H]. The van der Waals surface area contributed by atoms with Gasteiger partial charge in [0.05, 0.1) is 0 Å². The van der Waals surface area contributed by atoms with Gasteiger partial charge in [-0.05, 0) is 12.3 Å². The molecule has 0 saturated carbocycles. The molecule has 0 unspecified atom stereocenters. The number of aliphatic hydroxyl groups is 1. The monoisotopic (exact) mass is 165 g/mol. The van der Waals surface area contributed by atoms with E-state index >= 15 is 0 Å². The van der Waals surface area contributed by atoms with Gasteiger partial charge in [0.15, 0.2) is 0 Å². The topological polar surface area (TPSA) is 20.2 Å². The van der Waals surface area contributed by atoms with Crippen molar-refractivity contribution in [1.82, 2.24) is 0 Å². The van der Waals surface area contributed by atoms with Crippen molar-refractivity contribution in [2.24, 2.45) is 5.89 Å². The van der Waals surface area contributed by atoms with E-state index in [4.69, 9.17) is 14.7 Å². The van der Waals surface area contributed by atoms with E-state index < -0.39 is 19.6 Å². The van der Waals surface area contributed by atoms with Gasteiger partial charge in [-0.25, -0.2) is 0 Å². The minimum absolute atomic E-state index is 0.132. The largest absolute Gasteiger partial charge is 0.396 e. The zero-order chi connectivity index (χ0) is 14.4. The smallest absolute Gasteiger partial charge is 0.0431 e. The Morgan fingerprint density at radius 1 is 1.18 bits per heavy atom. The molecule has 0 aromatic rings. The Morgan fingerprint density at radius 2 is 1.82 bits per heavy atom. The van der Waals surface area contributed by atoms with Crippen LogP contribution in [0.15, 0.2) is 0 Å². The molecular weight excluding hydrogens is 136 g/mol. The van der Waals surface area contributed by atoms with Gasteiger partial charge in [0.1, 0.15) is 0 Å². The van der Waals surface area contributed by atoms with Gasteiger partial charge in [0.25, 0.3) is 0 Å². The Labute approximate surface area is 80.7 Å². The lowest BCUT2D eigenvalue weighted by Crippen LogP contribution is -1.88. The van der Waals surface area contributed by atoms with Crippen molar-refractivity contribution in [2.45, 2.75) is 52.2 Å². The third-order valence-electron chi connectivity index (χ3n) is 1.58. The maximum absolute atomic E-state index is 8.59. The average molecular weight is 165 g/mol. The van der Waals surface area contributed by atoms with Gasteiger partial charge < -0.3 is 5.11 Å². The molecule has 0 rings (SSSR count). The summed E-state index contributed by atoms with van der Waals surface area (Å²) in [5, 5.41) is 8.59. The van der Waals surface area contributed by atoms with Crippen molar-refractivity contribution in [2.75, 3.05) is 6.61 Å². The second-order valence-electron chi connectivity index (χ2n) is 2.72. The van der Waals surface area contributed by atoms with Crippen molar-refractivity contribution >= 4 is 0 Å². The number of hydrogen-bond acceptors (Lipinski definition) is 1. The Balaban J connectivity index is 4.30. The van der Waals surface area contributed by atoms with Crippen molar-refractivity contribution in [3.8, 4) is 0 Å². The summed E-state index contributed by atoms with van der Waals surface area (Å²) in [7, 11) is 0. The van der Waals surface area contributed by atoms with Crippen LogP contribution in [-0.2, 0) is 0 Å². The first-order chi connectivity index (χ1) is 8.06. The molecule has 0 bridgehead atoms. The zero-order valence-corrected chi connectivity index (χ0v) is 6.90. The molecule has 1 heteroatoms. The first kappa shape index (κ1) is 3.78. The highest BCUT2D eigenvalue weighted by molar-refractivity contribution is 4.47. The molecule has 0 aliphatic carbocycles. The van der Waals surface area contributed by atoms with E-state index in [0.717, 1.165) is 12.8 Å². The molecule has 0 fully saturated rings. The normalized spacial score (nSPS) is 23.5. The molecular formula is C10H22O. The van der Waals surface area contributed by atoms with E-state index in [0.29, 0.717) is 19.3 Å². The summed E-state index contributed by atoms with van der Waals surface area (Å²) in [6.07, 6.45) is 3.30. The molecule has 0 atom stereocenters. The Morgan fingerprint density at radius 3 is 2.45 bits per heavy atom. The van der Waals surface area contributed by atoms with Crippen molar-refractivity contribution in [1.29, 1.82) is 0 Å². The van der Waals surface area contributed by atoms with Crippen LogP contribution in [0.25, 0.3) is 0 Å². The molecule has 0 aromatic heterocycles. The van der Waals surface area contributed by atoms with Gasteiger partial charge in [0, 0.05) is 16.2 Å². The summed E-state index contributed by atoms with van der Waals surface area (Å²) in [4.78, 5) is 0. The molecule has 0 heterocycles. The van der Waals surface area contributed by atoms with Gasteiger partial charge in [-0.1, -0.05) is 45.8 Å². The molecule has 1 nitrogen and oxygen atoms in total. The number of unbranched alkanes of at least 4 members (excludes halogenated alkanes) is 4. The highest BCUT2D eigenvalue weighted by Crippen LogP contribution is 2.09. The lowest BCUT2D eigenvalue weighted by molar-refractivity contribution is 0.282. The van der Waals surface area contributed by atoms with Crippen molar-refractivity contribution < 1.29 is 14.7 Å². The fourth-order valence-electron chi connectivity index (χ4n) is 0.944. The summed E-state index contributed by atoms with van der Waals surface area (Å²) < 4.78 is 51.2. The number of aliphatic hydroxyl groups excluding tert-OH is 1. The van der Waals surface area contributed by atoms with Gasteiger partial charge >= 0.3 is 0 Å². The third kappa shape index (κ3) is 9.96. The van der Waals surface area contributed by atoms with E-state index in [-0.39, 0.29) is 13.0 Å². The van der Waals surface area contributed by atoms with Crippen LogP contribution in [0.2, 0.25) is 0 Å². The lowest BCUT2D eigenvalue weighted by Gasteiger charge is -2.03. The van der Waals surface area contributed by atoms with Crippen LogP contribution in [0.5, 0.6) is 0 Å². The summed E-state index contributed by atoms with van der Waals surface area (Å²) in [5.41, 5.74) is 0. The second kappa shape index (κ2) is 8.06. The van der Waals surface area contributed by atoms with Crippen LogP contribution in [0.4, 0.5) is 0 Å². The lowest BCUT2D eigenvalue weighted by atomic mass is 10.0. The predicted molar refractivity (Wildman–Crippen MR) is 49.6 cm³/mol. The maximum atomic E-state index is 8.59. The second-order valence-corrected chi connectivity index (χ2v) is 2.72. The fraction of sp³-hybridized carbons (Fsp3) is 1.00. The first-order valence-electron chi connectivity index (χ1n) is 7.67. The Kier molecular flexibility index (Phi) is 2.77. The Bertz CT molecular complexity index is 219. The maximum Gasteiger partial charge on any atom is 0.0431 e. The van der Waals surface area contributed by atoms with Crippen molar-refractivity contribution in [3.63, 3.8) is 0 Å². The van der Waals surface area contributed by atoms with Gasteiger partial charge in [0.2, 0.25) is 0 Å². The van der Waals surface area contributed by atoms with Crippen LogP contribution >= 0.6 is 0 Å².